The van der Waals surface area contributed by atoms with Crippen molar-refractivity contribution in [2.45, 2.75) is 26.2 Å². The summed E-state index contributed by atoms with van der Waals surface area (Å²) in [4.78, 5) is 0. The average Bonchev–Trinajstić information content (AvgIpc) is 2.19. The lowest BCUT2D eigenvalue weighted by atomic mass is 10.1. The maximum absolute atomic E-state index is 3.27. The molecule has 1 heteroatoms. The van der Waals surface area contributed by atoms with Gasteiger partial charge in [-0.05, 0) is 19.0 Å². The molecule has 0 aliphatic carbocycles. The molecule has 1 aliphatic heterocycles. The topological polar surface area (TPSA) is 12.0 Å². The molecule has 1 rings (SSSR count). The molecule has 0 unspecified atom stereocenters. The van der Waals surface area contributed by atoms with Crippen LogP contribution < -0.4 is 5.32 Å². The van der Waals surface area contributed by atoms with Gasteiger partial charge in [0, 0.05) is 6.54 Å². The molecule has 66 valence electrons. The molecular formula is C11H17N. The summed E-state index contributed by atoms with van der Waals surface area (Å²) in [6.45, 7) is 3.16. The van der Waals surface area contributed by atoms with Crippen LogP contribution in [0.25, 0.3) is 0 Å². The molecule has 0 saturated heterocycles. The van der Waals surface area contributed by atoms with Crippen molar-refractivity contribution in [2.75, 3.05) is 6.54 Å². The maximum Gasteiger partial charge on any atom is 0.0328 e. The number of hydrogen-bond donors (Lipinski definition) is 1. The molecule has 1 nitrogen and oxygen atoms in total. The van der Waals surface area contributed by atoms with Crippen LogP contribution in [0.4, 0.5) is 0 Å². The van der Waals surface area contributed by atoms with Gasteiger partial charge in [0.25, 0.3) is 0 Å². The van der Waals surface area contributed by atoms with E-state index in [-0.39, 0.29) is 0 Å². The summed E-state index contributed by atoms with van der Waals surface area (Å²) >= 11 is 0. The van der Waals surface area contributed by atoms with Gasteiger partial charge in [0.2, 0.25) is 0 Å². The van der Waals surface area contributed by atoms with Gasteiger partial charge in [-0.15, -0.1) is 0 Å². The SMILES string of the molecule is CCC/C1=C/NC/C=C\C=C/C1. The number of hydrogen-bond acceptors (Lipinski definition) is 1. The standard InChI is InChI=1S/C11H17N/c1-2-7-11-8-5-3-4-6-9-12-10-11/h3-6,10,12H,2,7-9H2,1H3/b5-3-,6-4-,11-10-. The van der Waals surface area contributed by atoms with Gasteiger partial charge in [-0.2, -0.15) is 0 Å². The Bertz CT molecular complexity index is 199. The van der Waals surface area contributed by atoms with Crippen molar-refractivity contribution in [1.29, 1.82) is 0 Å². The molecule has 1 N–H and O–H groups in total. The fraction of sp³-hybridized carbons (Fsp3) is 0.455. The number of allylic oxidation sites excluding steroid dienone is 4. The Labute approximate surface area is 74.9 Å². The van der Waals surface area contributed by atoms with E-state index in [2.05, 4.69) is 42.7 Å². The first-order valence-corrected chi connectivity index (χ1v) is 4.66. The Balaban J connectivity index is 2.49. The third-order valence-electron chi connectivity index (χ3n) is 1.88. The summed E-state index contributed by atoms with van der Waals surface area (Å²) in [5.74, 6) is 0. The Kier molecular flexibility index (Phi) is 4.28. The number of rotatable bonds is 2. The summed E-state index contributed by atoms with van der Waals surface area (Å²) in [5.41, 5.74) is 1.50. The molecule has 0 atom stereocenters. The third kappa shape index (κ3) is 3.42. The van der Waals surface area contributed by atoms with E-state index in [0.29, 0.717) is 0 Å². The lowest BCUT2D eigenvalue weighted by Gasteiger charge is -2.02. The lowest BCUT2D eigenvalue weighted by molar-refractivity contribution is 0.851. The monoisotopic (exact) mass is 163 g/mol. The summed E-state index contributed by atoms with van der Waals surface area (Å²) < 4.78 is 0. The van der Waals surface area contributed by atoms with Crippen LogP contribution in [-0.4, -0.2) is 6.54 Å². The highest BCUT2D eigenvalue weighted by molar-refractivity contribution is 5.13. The van der Waals surface area contributed by atoms with Crippen LogP contribution in [0, 0.1) is 0 Å². The van der Waals surface area contributed by atoms with Crippen molar-refractivity contribution in [3.63, 3.8) is 0 Å². The van der Waals surface area contributed by atoms with Crippen LogP contribution in [0.15, 0.2) is 36.1 Å². The van der Waals surface area contributed by atoms with Gasteiger partial charge < -0.3 is 5.32 Å². The van der Waals surface area contributed by atoms with Crippen LogP contribution in [0.1, 0.15) is 26.2 Å². The molecule has 1 heterocycles. The van der Waals surface area contributed by atoms with E-state index >= 15 is 0 Å². The van der Waals surface area contributed by atoms with Crippen molar-refractivity contribution < 1.29 is 0 Å². The van der Waals surface area contributed by atoms with Crippen molar-refractivity contribution in [2.24, 2.45) is 0 Å². The second kappa shape index (κ2) is 5.64. The van der Waals surface area contributed by atoms with E-state index in [1.807, 2.05) is 0 Å². The van der Waals surface area contributed by atoms with Gasteiger partial charge in [0.05, 0.1) is 0 Å². The quantitative estimate of drug-likeness (QED) is 0.660. The molecule has 12 heavy (non-hydrogen) atoms. The maximum atomic E-state index is 3.27. The lowest BCUT2D eigenvalue weighted by Crippen LogP contribution is -2.05. The zero-order chi connectivity index (χ0) is 8.65. The second-order valence-electron chi connectivity index (χ2n) is 3.02. The molecule has 0 amide bonds. The summed E-state index contributed by atoms with van der Waals surface area (Å²) in [6.07, 6.45) is 14.2. The van der Waals surface area contributed by atoms with E-state index in [4.69, 9.17) is 0 Å². The molecule has 0 aromatic heterocycles. The second-order valence-corrected chi connectivity index (χ2v) is 3.02. The molecule has 0 aromatic carbocycles. The third-order valence-corrected chi connectivity index (χ3v) is 1.88. The highest BCUT2D eigenvalue weighted by Crippen LogP contribution is 2.09. The fourth-order valence-corrected chi connectivity index (χ4v) is 1.27. The summed E-state index contributed by atoms with van der Waals surface area (Å²) in [7, 11) is 0. The average molecular weight is 163 g/mol. The van der Waals surface area contributed by atoms with Gasteiger partial charge in [0.15, 0.2) is 0 Å². The van der Waals surface area contributed by atoms with E-state index in [9.17, 15) is 0 Å². The van der Waals surface area contributed by atoms with Gasteiger partial charge in [-0.25, -0.2) is 0 Å². The van der Waals surface area contributed by atoms with Gasteiger partial charge in [0.1, 0.15) is 0 Å². The van der Waals surface area contributed by atoms with E-state index in [0.717, 1.165) is 13.0 Å². The van der Waals surface area contributed by atoms with Crippen LogP contribution in [0.3, 0.4) is 0 Å². The summed E-state index contributed by atoms with van der Waals surface area (Å²) in [6, 6.07) is 0. The minimum absolute atomic E-state index is 0.942. The minimum Gasteiger partial charge on any atom is -0.387 e. The van der Waals surface area contributed by atoms with Gasteiger partial charge >= 0.3 is 0 Å². The van der Waals surface area contributed by atoms with E-state index in [1.54, 1.807) is 0 Å². The summed E-state index contributed by atoms with van der Waals surface area (Å²) in [5, 5.41) is 3.27. The fourth-order valence-electron chi connectivity index (χ4n) is 1.27. The first-order chi connectivity index (χ1) is 5.93. The minimum atomic E-state index is 0.942. The predicted octanol–water partition coefficient (Wildman–Crippen LogP) is 2.78. The van der Waals surface area contributed by atoms with Gasteiger partial charge in [-0.1, -0.05) is 43.2 Å². The Morgan fingerprint density at radius 3 is 3.00 bits per heavy atom. The van der Waals surface area contributed by atoms with Crippen LogP contribution in [0.5, 0.6) is 0 Å². The first kappa shape index (κ1) is 9.11. The van der Waals surface area contributed by atoms with Crippen LogP contribution >= 0.6 is 0 Å². The highest BCUT2D eigenvalue weighted by atomic mass is 14.8. The Morgan fingerprint density at radius 2 is 2.17 bits per heavy atom. The molecule has 0 fully saturated rings. The molecule has 0 aromatic rings. The molecule has 0 bridgehead atoms. The largest absolute Gasteiger partial charge is 0.387 e. The molecule has 1 aliphatic rings. The molecular weight excluding hydrogens is 146 g/mol. The van der Waals surface area contributed by atoms with E-state index in [1.165, 1.54) is 18.4 Å². The van der Waals surface area contributed by atoms with Crippen LogP contribution in [0.2, 0.25) is 0 Å². The smallest absolute Gasteiger partial charge is 0.0328 e. The Hall–Kier alpha value is -0.980. The van der Waals surface area contributed by atoms with Crippen LogP contribution in [-0.2, 0) is 0 Å². The van der Waals surface area contributed by atoms with Crippen molar-refractivity contribution >= 4 is 0 Å². The van der Waals surface area contributed by atoms with Gasteiger partial charge in [-0.3, -0.25) is 0 Å². The zero-order valence-electron chi connectivity index (χ0n) is 7.72. The number of nitrogens with one attached hydrogen (secondary N) is 1. The van der Waals surface area contributed by atoms with Crippen molar-refractivity contribution in [3.05, 3.63) is 36.1 Å². The van der Waals surface area contributed by atoms with E-state index < -0.39 is 0 Å². The first-order valence-electron chi connectivity index (χ1n) is 4.66. The molecule has 0 radical (unpaired) electrons. The molecule has 0 spiro atoms. The van der Waals surface area contributed by atoms with Crippen molar-refractivity contribution in [1.82, 2.24) is 5.32 Å². The Morgan fingerprint density at radius 1 is 1.33 bits per heavy atom. The molecule has 0 saturated carbocycles. The van der Waals surface area contributed by atoms with Crippen molar-refractivity contribution in [3.8, 4) is 0 Å². The normalized spacial score (nSPS) is 26.9. The highest BCUT2D eigenvalue weighted by Gasteiger charge is 1.93. The predicted molar refractivity (Wildman–Crippen MR) is 53.9 cm³/mol. The zero-order valence-corrected chi connectivity index (χ0v) is 7.72.